The van der Waals surface area contributed by atoms with Crippen LogP contribution < -0.4 is 11.1 Å². The van der Waals surface area contributed by atoms with Gasteiger partial charge in [0, 0.05) is 5.69 Å². The van der Waals surface area contributed by atoms with E-state index in [4.69, 9.17) is 5.73 Å². The highest BCUT2D eigenvalue weighted by Gasteiger charge is 2.27. The minimum atomic E-state index is -0.549. The highest BCUT2D eigenvalue weighted by Crippen LogP contribution is 2.19. The SMILES string of the molecule is CC(C)(C)[C@H](N)C(=O)Nc1ccc(Cn2cncn2)cc1. The van der Waals surface area contributed by atoms with Crippen molar-refractivity contribution in [2.45, 2.75) is 33.4 Å². The van der Waals surface area contributed by atoms with Crippen LogP contribution in [0.3, 0.4) is 0 Å². The Bertz CT molecular complexity index is 584. The zero-order valence-corrected chi connectivity index (χ0v) is 12.6. The Morgan fingerprint density at radius 3 is 2.52 bits per heavy atom. The molecule has 0 aliphatic rings. The molecule has 6 nitrogen and oxygen atoms in total. The molecule has 2 rings (SSSR count). The Labute approximate surface area is 124 Å². The lowest BCUT2D eigenvalue weighted by Crippen LogP contribution is -2.45. The quantitative estimate of drug-likeness (QED) is 0.895. The molecule has 6 heteroatoms. The number of rotatable bonds is 4. The van der Waals surface area contributed by atoms with Crippen molar-refractivity contribution >= 4 is 11.6 Å². The first kappa shape index (κ1) is 15.2. The molecule has 1 atom stereocenters. The minimum absolute atomic E-state index is 0.175. The Kier molecular flexibility index (Phi) is 4.37. The van der Waals surface area contributed by atoms with Crippen molar-refractivity contribution in [2.75, 3.05) is 5.32 Å². The molecule has 1 amide bonds. The fourth-order valence-corrected chi connectivity index (χ4v) is 1.81. The van der Waals surface area contributed by atoms with E-state index < -0.39 is 6.04 Å². The summed E-state index contributed by atoms with van der Waals surface area (Å²) in [5.41, 5.74) is 7.49. The van der Waals surface area contributed by atoms with Crippen LogP contribution in [0.5, 0.6) is 0 Å². The monoisotopic (exact) mass is 287 g/mol. The van der Waals surface area contributed by atoms with Gasteiger partial charge in [-0.3, -0.25) is 4.79 Å². The summed E-state index contributed by atoms with van der Waals surface area (Å²) in [5, 5.41) is 6.89. The van der Waals surface area contributed by atoms with Crippen LogP contribution in [0.2, 0.25) is 0 Å². The van der Waals surface area contributed by atoms with Crippen LogP contribution in [-0.2, 0) is 11.3 Å². The third-order valence-corrected chi connectivity index (χ3v) is 3.25. The predicted octanol–water partition coefficient (Wildman–Crippen LogP) is 1.64. The van der Waals surface area contributed by atoms with E-state index in [2.05, 4.69) is 15.4 Å². The first-order chi connectivity index (χ1) is 9.86. The van der Waals surface area contributed by atoms with Gasteiger partial charge in [0.05, 0.1) is 12.6 Å². The second-order valence-corrected chi connectivity index (χ2v) is 6.12. The molecule has 0 bridgehead atoms. The molecule has 3 N–H and O–H groups in total. The van der Waals surface area contributed by atoms with Crippen LogP contribution in [0, 0.1) is 5.41 Å². The van der Waals surface area contributed by atoms with Crippen molar-refractivity contribution in [1.82, 2.24) is 14.8 Å². The second-order valence-electron chi connectivity index (χ2n) is 6.12. The van der Waals surface area contributed by atoms with E-state index in [1.807, 2.05) is 45.0 Å². The van der Waals surface area contributed by atoms with Gasteiger partial charge in [0.1, 0.15) is 12.7 Å². The summed E-state index contributed by atoms with van der Waals surface area (Å²) in [6.45, 7) is 6.48. The van der Waals surface area contributed by atoms with Crippen molar-refractivity contribution in [3.05, 3.63) is 42.5 Å². The molecule has 1 heterocycles. The number of nitrogens with zero attached hydrogens (tertiary/aromatic N) is 3. The lowest BCUT2D eigenvalue weighted by molar-refractivity contribution is -0.119. The third-order valence-electron chi connectivity index (χ3n) is 3.25. The number of amides is 1. The number of nitrogens with two attached hydrogens (primary N) is 1. The summed E-state index contributed by atoms with van der Waals surface area (Å²) in [6, 6.07) is 7.06. The van der Waals surface area contributed by atoms with Gasteiger partial charge in [0.25, 0.3) is 0 Å². The summed E-state index contributed by atoms with van der Waals surface area (Å²) in [5.74, 6) is -0.175. The molecule has 0 fully saturated rings. The van der Waals surface area contributed by atoms with Crippen LogP contribution in [0.4, 0.5) is 5.69 Å². The molecule has 0 aliphatic carbocycles. The molecule has 1 aromatic carbocycles. The molecular weight excluding hydrogens is 266 g/mol. The maximum Gasteiger partial charge on any atom is 0.241 e. The van der Waals surface area contributed by atoms with Gasteiger partial charge >= 0.3 is 0 Å². The molecule has 0 saturated heterocycles. The molecule has 0 spiro atoms. The van der Waals surface area contributed by atoms with Crippen LogP contribution >= 0.6 is 0 Å². The van der Waals surface area contributed by atoms with E-state index in [1.54, 1.807) is 11.0 Å². The summed E-state index contributed by atoms with van der Waals surface area (Å²) in [4.78, 5) is 15.9. The highest BCUT2D eigenvalue weighted by atomic mass is 16.2. The van der Waals surface area contributed by atoms with E-state index in [0.29, 0.717) is 6.54 Å². The van der Waals surface area contributed by atoms with E-state index in [9.17, 15) is 4.79 Å². The number of aromatic nitrogens is 3. The summed E-state index contributed by atoms with van der Waals surface area (Å²) in [6.07, 6.45) is 3.17. The van der Waals surface area contributed by atoms with Crippen molar-refractivity contribution in [2.24, 2.45) is 11.1 Å². The first-order valence-corrected chi connectivity index (χ1v) is 6.84. The fraction of sp³-hybridized carbons (Fsp3) is 0.400. The van der Waals surface area contributed by atoms with Gasteiger partial charge in [-0.2, -0.15) is 5.10 Å². The molecule has 0 unspecified atom stereocenters. The Morgan fingerprint density at radius 1 is 1.33 bits per heavy atom. The molecule has 0 radical (unpaired) electrons. The minimum Gasteiger partial charge on any atom is -0.325 e. The predicted molar refractivity (Wildman–Crippen MR) is 81.6 cm³/mol. The summed E-state index contributed by atoms with van der Waals surface area (Å²) in [7, 11) is 0. The van der Waals surface area contributed by atoms with Crippen LogP contribution in [0.15, 0.2) is 36.9 Å². The van der Waals surface area contributed by atoms with Gasteiger partial charge in [-0.05, 0) is 23.1 Å². The van der Waals surface area contributed by atoms with Gasteiger partial charge < -0.3 is 11.1 Å². The van der Waals surface area contributed by atoms with Gasteiger partial charge in [0.2, 0.25) is 5.91 Å². The second kappa shape index (κ2) is 6.05. The maximum absolute atomic E-state index is 12.0. The van der Waals surface area contributed by atoms with Crippen LogP contribution in [-0.4, -0.2) is 26.7 Å². The molecule has 1 aromatic heterocycles. The summed E-state index contributed by atoms with van der Waals surface area (Å²) >= 11 is 0. The number of carbonyl (C=O) groups excluding carboxylic acids is 1. The molecule has 0 aliphatic heterocycles. The number of benzene rings is 1. The van der Waals surface area contributed by atoms with Crippen LogP contribution in [0.25, 0.3) is 0 Å². The average molecular weight is 287 g/mol. The lowest BCUT2D eigenvalue weighted by Gasteiger charge is -2.25. The number of carbonyl (C=O) groups is 1. The number of nitrogens with one attached hydrogen (secondary N) is 1. The smallest absolute Gasteiger partial charge is 0.241 e. The van der Waals surface area contributed by atoms with Gasteiger partial charge in [-0.1, -0.05) is 32.9 Å². The molecule has 21 heavy (non-hydrogen) atoms. The first-order valence-electron chi connectivity index (χ1n) is 6.84. The van der Waals surface area contributed by atoms with Gasteiger partial charge in [0.15, 0.2) is 0 Å². The Hall–Kier alpha value is -2.21. The highest BCUT2D eigenvalue weighted by molar-refractivity contribution is 5.95. The third kappa shape index (κ3) is 4.13. The molecule has 2 aromatic rings. The average Bonchev–Trinajstić information content (AvgIpc) is 2.92. The van der Waals surface area contributed by atoms with E-state index >= 15 is 0 Å². The zero-order chi connectivity index (χ0) is 15.5. The number of anilines is 1. The van der Waals surface area contributed by atoms with Gasteiger partial charge in [-0.15, -0.1) is 0 Å². The van der Waals surface area contributed by atoms with Crippen molar-refractivity contribution in [3.63, 3.8) is 0 Å². The Morgan fingerprint density at radius 2 is 2.00 bits per heavy atom. The van der Waals surface area contributed by atoms with Gasteiger partial charge in [-0.25, -0.2) is 9.67 Å². The van der Waals surface area contributed by atoms with Crippen molar-refractivity contribution in [3.8, 4) is 0 Å². The molecular formula is C15H21N5O. The topological polar surface area (TPSA) is 85.8 Å². The molecule has 0 saturated carbocycles. The van der Waals surface area contributed by atoms with Crippen molar-refractivity contribution < 1.29 is 4.79 Å². The maximum atomic E-state index is 12.0. The zero-order valence-electron chi connectivity index (χ0n) is 12.6. The normalized spacial score (nSPS) is 13.0. The van der Waals surface area contributed by atoms with E-state index in [-0.39, 0.29) is 11.3 Å². The lowest BCUT2D eigenvalue weighted by atomic mass is 9.87. The fourth-order valence-electron chi connectivity index (χ4n) is 1.81. The number of hydrogen-bond donors (Lipinski definition) is 2. The number of hydrogen-bond acceptors (Lipinski definition) is 4. The largest absolute Gasteiger partial charge is 0.325 e. The standard InChI is InChI=1S/C15H21N5O/c1-15(2,3)13(16)14(21)19-12-6-4-11(5-7-12)8-20-10-17-9-18-20/h4-7,9-10,13H,8,16H2,1-3H3,(H,19,21)/t13-/m1/s1. The summed E-state index contributed by atoms with van der Waals surface area (Å²) < 4.78 is 1.74. The molecule has 112 valence electrons. The van der Waals surface area contributed by atoms with Crippen molar-refractivity contribution in [1.29, 1.82) is 0 Å². The van der Waals surface area contributed by atoms with E-state index in [1.165, 1.54) is 6.33 Å². The Balaban J connectivity index is 1.98. The van der Waals surface area contributed by atoms with Crippen LogP contribution in [0.1, 0.15) is 26.3 Å². The van der Waals surface area contributed by atoms with E-state index in [0.717, 1.165) is 11.3 Å².